The SMILES string of the molecule is Cc1ccn(-c2cc(-c3cccc(C(=O)O)c3)ccc2[C@@H](Oc2cc(N3CCC4(CC3)CN[C@H](C(=O)O)C4)nc(N)n2)C(F)(F)F)n1. The van der Waals surface area contributed by atoms with Crippen molar-refractivity contribution >= 4 is 23.7 Å². The Morgan fingerprint density at radius 1 is 1.06 bits per heavy atom. The van der Waals surface area contributed by atoms with E-state index >= 15 is 0 Å². The maximum absolute atomic E-state index is 14.8. The van der Waals surface area contributed by atoms with Gasteiger partial charge >= 0.3 is 18.1 Å². The molecule has 2 aliphatic heterocycles. The van der Waals surface area contributed by atoms with Gasteiger partial charge in [0.1, 0.15) is 11.9 Å². The van der Waals surface area contributed by atoms with Crippen molar-refractivity contribution in [1.29, 1.82) is 0 Å². The number of hydrogen-bond acceptors (Lipinski definition) is 9. The number of halogens is 3. The zero-order chi connectivity index (χ0) is 33.5. The van der Waals surface area contributed by atoms with E-state index in [4.69, 9.17) is 10.5 Å². The first-order valence-electron chi connectivity index (χ1n) is 14.9. The number of nitrogen functional groups attached to an aromatic ring is 1. The first-order chi connectivity index (χ1) is 22.3. The number of piperidine rings is 1. The smallest absolute Gasteiger partial charge is 0.429 e. The molecule has 0 radical (unpaired) electrons. The molecule has 0 bridgehead atoms. The van der Waals surface area contributed by atoms with Crippen LogP contribution in [0.15, 0.2) is 60.8 Å². The molecule has 0 aliphatic carbocycles. The lowest BCUT2D eigenvalue weighted by molar-refractivity contribution is -0.198. The molecule has 6 rings (SSSR count). The summed E-state index contributed by atoms with van der Waals surface area (Å²) in [6.07, 6.45) is -4.00. The highest BCUT2D eigenvalue weighted by Gasteiger charge is 2.46. The number of aryl methyl sites for hydroxylation is 1. The summed E-state index contributed by atoms with van der Waals surface area (Å²) in [7, 11) is 0. The van der Waals surface area contributed by atoms with Gasteiger partial charge in [-0.1, -0.05) is 24.3 Å². The van der Waals surface area contributed by atoms with Crippen LogP contribution >= 0.6 is 0 Å². The molecule has 2 aromatic heterocycles. The summed E-state index contributed by atoms with van der Waals surface area (Å²) in [6.45, 7) is 3.28. The van der Waals surface area contributed by atoms with Crippen LogP contribution in [-0.4, -0.2) is 73.8 Å². The summed E-state index contributed by atoms with van der Waals surface area (Å²) in [6, 6.07) is 12.7. The fourth-order valence-electron chi connectivity index (χ4n) is 6.29. The maximum atomic E-state index is 14.8. The first-order valence-corrected chi connectivity index (χ1v) is 14.9. The second kappa shape index (κ2) is 12.2. The van der Waals surface area contributed by atoms with Gasteiger partial charge in [0.05, 0.1) is 16.9 Å². The van der Waals surface area contributed by atoms with Gasteiger partial charge in [-0.05, 0) is 67.0 Å². The molecular weight excluding hydrogens is 619 g/mol. The highest BCUT2D eigenvalue weighted by atomic mass is 19.4. The lowest BCUT2D eigenvalue weighted by atomic mass is 9.76. The predicted octanol–water partition coefficient (Wildman–Crippen LogP) is 4.63. The van der Waals surface area contributed by atoms with Gasteiger partial charge in [0, 0.05) is 37.5 Å². The molecule has 1 spiro atoms. The topological polar surface area (TPSA) is 169 Å². The van der Waals surface area contributed by atoms with E-state index in [1.807, 2.05) is 4.90 Å². The summed E-state index contributed by atoms with van der Waals surface area (Å²) >= 11 is 0. The van der Waals surface area contributed by atoms with Gasteiger partial charge in [-0.2, -0.15) is 28.2 Å². The summed E-state index contributed by atoms with van der Waals surface area (Å²) in [5.41, 5.74) is 7.18. The van der Waals surface area contributed by atoms with Crippen LogP contribution in [-0.2, 0) is 4.79 Å². The number of aromatic nitrogens is 4. The van der Waals surface area contributed by atoms with E-state index < -0.39 is 30.3 Å². The van der Waals surface area contributed by atoms with Crippen LogP contribution in [0.5, 0.6) is 5.88 Å². The molecule has 15 heteroatoms. The standard InChI is InChI=1S/C32H32F3N7O5/c1-18-7-10-42(40-18)24-14-20(19-3-2-4-21(13-19)28(43)44)5-6-22(24)27(32(33,34)35)47-26-15-25(38-30(36)39-26)41-11-8-31(9-12-41)16-23(29(45)46)37-17-31/h2-7,10,13-15,23,27,37H,8-9,11-12,16-17H2,1H3,(H,43,44)(H,45,46)(H2,36,38,39)/t23-,27+/m0/s1. The Morgan fingerprint density at radius 2 is 1.81 bits per heavy atom. The molecular formula is C32H32F3N7O5. The summed E-state index contributed by atoms with van der Waals surface area (Å²) in [5, 5.41) is 26.2. The Hall–Kier alpha value is -5.18. The molecule has 5 N–H and O–H groups in total. The quantitative estimate of drug-likeness (QED) is 0.210. The Bertz CT molecular complexity index is 1820. The number of carbonyl (C=O) groups is 2. The van der Waals surface area contributed by atoms with E-state index in [0.717, 1.165) is 0 Å². The van der Waals surface area contributed by atoms with Gasteiger partial charge in [0.15, 0.2) is 0 Å². The van der Waals surface area contributed by atoms with Crippen LogP contribution in [0, 0.1) is 12.3 Å². The van der Waals surface area contributed by atoms with Crippen molar-refractivity contribution in [1.82, 2.24) is 25.1 Å². The number of rotatable bonds is 8. The van der Waals surface area contributed by atoms with Gasteiger partial charge in [0.25, 0.3) is 0 Å². The Labute approximate surface area is 267 Å². The number of hydrogen-bond donors (Lipinski definition) is 4. The molecule has 47 heavy (non-hydrogen) atoms. The number of nitrogens with zero attached hydrogens (tertiary/aromatic N) is 5. The zero-order valence-corrected chi connectivity index (χ0v) is 25.2. The molecule has 2 aromatic carbocycles. The van der Waals surface area contributed by atoms with Crippen LogP contribution in [0.4, 0.5) is 24.9 Å². The van der Waals surface area contributed by atoms with Crippen LogP contribution in [0.1, 0.15) is 47.0 Å². The average molecular weight is 652 g/mol. The Morgan fingerprint density at radius 3 is 2.45 bits per heavy atom. The number of alkyl halides is 3. The van der Waals surface area contributed by atoms with E-state index in [1.54, 1.807) is 25.1 Å². The molecule has 2 saturated heterocycles. The van der Waals surface area contributed by atoms with Crippen molar-refractivity contribution < 1.29 is 37.7 Å². The lowest BCUT2D eigenvalue weighted by Gasteiger charge is -2.39. The minimum atomic E-state index is -4.89. The number of nitrogens with two attached hydrogens (primary N) is 1. The molecule has 2 aliphatic rings. The van der Waals surface area contributed by atoms with Gasteiger partial charge in [0.2, 0.25) is 17.9 Å². The van der Waals surface area contributed by atoms with Gasteiger partial charge in [-0.15, -0.1) is 0 Å². The highest BCUT2D eigenvalue weighted by molar-refractivity contribution is 5.89. The van der Waals surface area contributed by atoms with Crippen molar-refractivity contribution in [2.24, 2.45) is 5.41 Å². The monoisotopic (exact) mass is 651 g/mol. The fourth-order valence-corrected chi connectivity index (χ4v) is 6.29. The van der Waals surface area contributed by atoms with Gasteiger partial charge < -0.3 is 30.9 Å². The van der Waals surface area contributed by atoms with Gasteiger partial charge in [-0.25, -0.2) is 9.48 Å². The molecule has 4 aromatic rings. The largest absolute Gasteiger partial charge is 0.480 e. The van der Waals surface area contributed by atoms with Crippen molar-refractivity contribution in [3.8, 4) is 22.7 Å². The van der Waals surface area contributed by atoms with Crippen LogP contribution in [0.3, 0.4) is 0 Å². The molecule has 2 atom stereocenters. The maximum Gasteiger partial charge on any atom is 0.429 e. The number of aromatic carboxylic acids is 1. The highest BCUT2D eigenvalue weighted by Crippen LogP contribution is 2.43. The normalized spacial score (nSPS) is 18.3. The van der Waals surface area contributed by atoms with Crippen LogP contribution in [0.25, 0.3) is 16.8 Å². The average Bonchev–Trinajstić information content (AvgIpc) is 3.66. The van der Waals surface area contributed by atoms with E-state index in [-0.39, 0.29) is 34.1 Å². The molecule has 0 amide bonds. The number of carboxylic acids is 2. The lowest BCUT2D eigenvalue weighted by Crippen LogP contribution is -2.41. The summed E-state index contributed by atoms with van der Waals surface area (Å²) in [4.78, 5) is 33.1. The Kier molecular flexibility index (Phi) is 8.26. The minimum Gasteiger partial charge on any atom is -0.480 e. The molecule has 12 nitrogen and oxygen atoms in total. The van der Waals surface area contributed by atoms with Crippen molar-refractivity contribution in [3.63, 3.8) is 0 Å². The number of carboxylic acid groups (broad SMARTS) is 2. The predicted molar refractivity (Wildman–Crippen MR) is 164 cm³/mol. The number of benzene rings is 2. The first kappa shape index (κ1) is 31.8. The molecule has 2 fully saturated rings. The van der Waals surface area contributed by atoms with E-state index in [0.29, 0.717) is 61.5 Å². The minimum absolute atomic E-state index is 0.0324. The summed E-state index contributed by atoms with van der Waals surface area (Å²) in [5.74, 6) is -2.34. The molecule has 246 valence electrons. The molecule has 0 saturated carbocycles. The van der Waals surface area contributed by atoms with E-state index in [2.05, 4.69) is 20.4 Å². The number of anilines is 2. The van der Waals surface area contributed by atoms with Crippen molar-refractivity contribution in [3.05, 3.63) is 77.6 Å². The third kappa shape index (κ3) is 6.70. The third-order valence-electron chi connectivity index (χ3n) is 8.77. The third-order valence-corrected chi connectivity index (χ3v) is 8.77. The fraction of sp³-hybridized carbons (Fsp3) is 0.344. The number of ether oxygens (including phenoxy) is 1. The number of aliphatic carboxylic acids is 1. The van der Waals surface area contributed by atoms with Crippen molar-refractivity contribution in [2.75, 3.05) is 30.3 Å². The molecule has 0 unspecified atom stereocenters. The second-order valence-electron chi connectivity index (χ2n) is 12.0. The van der Waals surface area contributed by atoms with Crippen LogP contribution < -0.4 is 20.7 Å². The number of nitrogens with one attached hydrogen (secondary N) is 1. The van der Waals surface area contributed by atoms with Crippen molar-refractivity contribution in [2.45, 2.75) is 44.5 Å². The van der Waals surface area contributed by atoms with E-state index in [9.17, 15) is 33.0 Å². The van der Waals surface area contributed by atoms with E-state index in [1.165, 1.54) is 47.3 Å². The zero-order valence-electron chi connectivity index (χ0n) is 25.2. The summed E-state index contributed by atoms with van der Waals surface area (Å²) < 4.78 is 51.4. The second-order valence-corrected chi connectivity index (χ2v) is 12.0. The van der Waals surface area contributed by atoms with Crippen LogP contribution in [0.2, 0.25) is 0 Å². The van der Waals surface area contributed by atoms with Gasteiger partial charge in [-0.3, -0.25) is 4.79 Å². The molecule has 4 heterocycles. The Balaban J connectivity index is 1.31.